The minimum Gasteiger partial charge on any atom is -0.393 e. The van der Waals surface area contributed by atoms with Crippen molar-refractivity contribution in [1.82, 2.24) is 0 Å². The first-order valence-electron chi connectivity index (χ1n) is 3.88. The topological polar surface area (TPSA) is 20.2 Å². The zero-order chi connectivity index (χ0) is 6.85. The van der Waals surface area contributed by atoms with E-state index in [4.69, 9.17) is 5.11 Å². The summed E-state index contributed by atoms with van der Waals surface area (Å²) in [6.45, 7) is 4.17. The molecule has 0 amide bonds. The van der Waals surface area contributed by atoms with Gasteiger partial charge in [-0.05, 0) is 31.6 Å². The summed E-state index contributed by atoms with van der Waals surface area (Å²) in [6.07, 6.45) is 3.71. The van der Waals surface area contributed by atoms with Crippen molar-refractivity contribution in [2.45, 2.75) is 39.2 Å². The first-order chi connectivity index (χ1) is 4.20. The lowest BCUT2D eigenvalue weighted by molar-refractivity contribution is 0.127. The Labute approximate surface area is 57.1 Å². The van der Waals surface area contributed by atoms with Crippen molar-refractivity contribution in [3.05, 3.63) is 0 Å². The summed E-state index contributed by atoms with van der Waals surface area (Å²) in [5, 5.41) is 9.17. The molecule has 0 bridgehead atoms. The number of aliphatic hydroxyl groups is 1. The zero-order valence-electron chi connectivity index (χ0n) is 6.30. The Bertz CT molecular complexity index is 88.6. The lowest BCUT2D eigenvalue weighted by Crippen LogP contribution is -2.12. The summed E-state index contributed by atoms with van der Waals surface area (Å²) in [5.41, 5.74) is 0. The molecule has 54 valence electrons. The van der Waals surface area contributed by atoms with Crippen LogP contribution < -0.4 is 0 Å². The van der Waals surface area contributed by atoms with Crippen LogP contribution in [0.4, 0.5) is 0 Å². The van der Waals surface area contributed by atoms with Crippen molar-refractivity contribution in [3.63, 3.8) is 0 Å². The van der Waals surface area contributed by atoms with Crippen LogP contribution in [-0.4, -0.2) is 11.2 Å². The summed E-state index contributed by atoms with van der Waals surface area (Å²) < 4.78 is 0. The van der Waals surface area contributed by atoms with Gasteiger partial charge in [-0.2, -0.15) is 0 Å². The minimum atomic E-state index is -0.0741. The number of hydrogen-bond donors (Lipinski definition) is 1. The highest BCUT2D eigenvalue weighted by molar-refractivity contribution is 4.75. The monoisotopic (exact) mass is 128 g/mol. The van der Waals surface area contributed by atoms with Crippen LogP contribution in [0.2, 0.25) is 0 Å². The molecular weight excluding hydrogens is 112 g/mol. The second kappa shape index (κ2) is 2.70. The van der Waals surface area contributed by atoms with E-state index in [1.165, 1.54) is 19.3 Å². The van der Waals surface area contributed by atoms with Gasteiger partial charge in [0.15, 0.2) is 0 Å². The van der Waals surface area contributed by atoms with Crippen molar-refractivity contribution < 1.29 is 5.11 Å². The van der Waals surface area contributed by atoms with Gasteiger partial charge in [0.05, 0.1) is 6.10 Å². The van der Waals surface area contributed by atoms with Crippen LogP contribution in [0.1, 0.15) is 33.1 Å². The zero-order valence-corrected chi connectivity index (χ0v) is 6.30. The molecule has 1 aliphatic carbocycles. The predicted octanol–water partition coefficient (Wildman–Crippen LogP) is 1.80. The highest BCUT2D eigenvalue weighted by Gasteiger charge is 2.24. The van der Waals surface area contributed by atoms with Gasteiger partial charge in [-0.25, -0.2) is 0 Å². The maximum atomic E-state index is 9.17. The SMILES string of the molecule is CC1CCC([C@H](C)O)C1. The molecule has 9 heavy (non-hydrogen) atoms. The molecule has 1 fully saturated rings. The summed E-state index contributed by atoms with van der Waals surface area (Å²) in [5.74, 6) is 1.45. The van der Waals surface area contributed by atoms with E-state index in [0.29, 0.717) is 5.92 Å². The molecule has 0 aromatic carbocycles. The molecule has 0 heterocycles. The van der Waals surface area contributed by atoms with Gasteiger partial charge in [0.1, 0.15) is 0 Å². The van der Waals surface area contributed by atoms with Crippen LogP contribution in [0, 0.1) is 11.8 Å². The van der Waals surface area contributed by atoms with Crippen molar-refractivity contribution in [1.29, 1.82) is 0 Å². The highest BCUT2D eigenvalue weighted by atomic mass is 16.3. The summed E-state index contributed by atoms with van der Waals surface area (Å²) >= 11 is 0. The van der Waals surface area contributed by atoms with E-state index in [9.17, 15) is 0 Å². The Morgan fingerprint density at radius 3 is 2.33 bits per heavy atom. The molecule has 0 spiro atoms. The van der Waals surface area contributed by atoms with E-state index in [1.54, 1.807) is 0 Å². The molecule has 1 aliphatic rings. The van der Waals surface area contributed by atoms with Crippen molar-refractivity contribution >= 4 is 0 Å². The first kappa shape index (κ1) is 7.07. The summed E-state index contributed by atoms with van der Waals surface area (Å²) in [7, 11) is 0. The fourth-order valence-corrected chi connectivity index (χ4v) is 1.69. The largest absolute Gasteiger partial charge is 0.393 e. The summed E-state index contributed by atoms with van der Waals surface area (Å²) in [4.78, 5) is 0. The van der Waals surface area contributed by atoms with E-state index in [1.807, 2.05) is 6.92 Å². The highest BCUT2D eigenvalue weighted by Crippen LogP contribution is 2.32. The third-order valence-electron chi connectivity index (χ3n) is 2.42. The molecule has 2 unspecified atom stereocenters. The second-order valence-corrected chi connectivity index (χ2v) is 3.42. The van der Waals surface area contributed by atoms with Crippen molar-refractivity contribution in [2.75, 3.05) is 0 Å². The average molecular weight is 128 g/mol. The number of hydrogen-bond acceptors (Lipinski definition) is 1. The van der Waals surface area contributed by atoms with E-state index in [0.717, 1.165) is 5.92 Å². The van der Waals surface area contributed by atoms with Gasteiger partial charge < -0.3 is 5.11 Å². The van der Waals surface area contributed by atoms with Crippen molar-refractivity contribution in [3.8, 4) is 0 Å². The molecule has 0 aromatic rings. The Morgan fingerprint density at radius 1 is 1.44 bits per heavy atom. The van der Waals surface area contributed by atoms with E-state index >= 15 is 0 Å². The van der Waals surface area contributed by atoms with Crippen molar-refractivity contribution in [2.24, 2.45) is 11.8 Å². The smallest absolute Gasteiger partial charge is 0.0540 e. The van der Waals surface area contributed by atoms with Crippen LogP contribution in [-0.2, 0) is 0 Å². The maximum Gasteiger partial charge on any atom is 0.0540 e. The molecular formula is C8H16O. The Balaban J connectivity index is 2.30. The molecule has 0 aromatic heterocycles. The molecule has 0 aliphatic heterocycles. The van der Waals surface area contributed by atoms with E-state index in [-0.39, 0.29) is 6.10 Å². The maximum absolute atomic E-state index is 9.17. The van der Waals surface area contributed by atoms with Gasteiger partial charge in [-0.3, -0.25) is 0 Å². The van der Waals surface area contributed by atoms with Gasteiger partial charge >= 0.3 is 0 Å². The van der Waals surface area contributed by atoms with Gasteiger partial charge in [-0.1, -0.05) is 13.3 Å². The quantitative estimate of drug-likeness (QED) is 0.571. The summed E-state index contributed by atoms with van der Waals surface area (Å²) in [6, 6.07) is 0. The molecule has 0 saturated heterocycles. The lowest BCUT2D eigenvalue weighted by atomic mass is 10.0. The minimum absolute atomic E-state index is 0.0741. The molecule has 1 rings (SSSR count). The third kappa shape index (κ3) is 1.68. The van der Waals surface area contributed by atoms with Gasteiger partial charge in [-0.15, -0.1) is 0 Å². The second-order valence-electron chi connectivity index (χ2n) is 3.42. The fourth-order valence-electron chi connectivity index (χ4n) is 1.69. The van der Waals surface area contributed by atoms with Gasteiger partial charge in [0, 0.05) is 0 Å². The molecule has 0 radical (unpaired) electrons. The molecule has 1 heteroatoms. The Morgan fingerprint density at radius 2 is 2.11 bits per heavy atom. The fraction of sp³-hybridized carbons (Fsp3) is 1.00. The van der Waals surface area contributed by atoms with Crippen LogP contribution in [0.5, 0.6) is 0 Å². The molecule has 1 N–H and O–H groups in total. The Hall–Kier alpha value is -0.0400. The van der Waals surface area contributed by atoms with E-state index in [2.05, 4.69) is 6.92 Å². The van der Waals surface area contributed by atoms with Crippen LogP contribution in [0.15, 0.2) is 0 Å². The van der Waals surface area contributed by atoms with Crippen LogP contribution >= 0.6 is 0 Å². The molecule has 1 nitrogen and oxygen atoms in total. The van der Waals surface area contributed by atoms with Gasteiger partial charge in [0.25, 0.3) is 0 Å². The average Bonchev–Trinajstić information content (AvgIpc) is 2.14. The lowest BCUT2D eigenvalue weighted by Gasteiger charge is -2.11. The first-order valence-corrected chi connectivity index (χ1v) is 3.88. The van der Waals surface area contributed by atoms with E-state index < -0.39 is 0 Å². The standard InChI is InChI=1S/C8H16O/c1-6-3-4-8(5-6)7(2)9/h6-9H,3-5H2,1-2H3/t6?,7-,8?/m0/s1. The van der Waals surface area contributed by atoms with Gasteiger partial charge in [0.2, 0.25) is 0 Å². The predicted molar refractivity (Wildman–Crippen MR) is 38.2 cm³/mol. The normalized spacial score (nSPS) is 39.0. The van der Waals surface area contributed by atoms with Crippen LogP contribution in [0.3, 0.4) is 0 Å². The number of aliphatic hydroxyl groups excluding tert-OH is 1. The Kier molecular flexibility index (Phi) is 2.12. The molecule has 3 atom stereocenters. The number of rotatable bonds is 1. The third-order valence-corrected chi connectivity index (χ3v) is 2.42. The molecule has 1 saturated carbocycles. The van der Waals surface area contributed by atoms with Crippen LogP contribution in [0.25, 0.3) is 0 Å².